The van der Waals surface area contributed by atoms with Gasteiger partial charge in [-0.05, 0) is 12.5 Å². The van der Waals surface area contributed by atoms with Crippen LogP contribution in [0, 0.1) is 11.7 Å². The Morgan fingerprint density at radius 2 is 2.32 bits per heavy atom. The summed E-state index contributed by atoms with van der Waals surface area (Å²) in [6, 6.07) is 6.45. The third-order valence-corrected chi connectivity index (χ3v) is 3.62. The molecule has 0 unspecified atom stereocenters. The van der Waals surface area contributed by atoms with Crippen LogP contribution in [0.4, 0.5) is 4.39 Å². The molecule has 0 aromatic heterocycles. The number of hydrogen-bond donors (Lipinski definition) is 0. The van der Waals surface area contributed by atoms with Gasteiger partial charge in [-0.1, -0.05) is 24.3 Å². The van der Waals surface area contributed by atoms with E-state index in [9.17, 15) is 9.18 Å². The second kappa shape index (κ2) is 8.66. The molecule has 1 aromatic rings. The molecule has 22 heavy (non-hydrogen) atoms. The van der Waals surface area contributed by atoms with Crippen molar-refractivity contribution in [3.05, 3.63) is 48.3 Å². The second-order valence-corrected chi connectivity index (χ2v) is 5.40. The average molecular weight is 307 g/mol. The maximum atomic E-state index is 13.7. The van der Waals surface area contributed by atoms with Crippen LogP contribution in [0.3, 0.4) is 0 Å². The lowest BCUT2D eigenvalue weighted by atomic mass is 10.1. The molecule has 0 saturated carbocycles. The first-order valence-electron chi connectivity index (χ1n) is 7.48. The minimum Gasteiger partial charge on any atom is -0.381 e. The highest BCUT2D eigenvalue weighted by molar-refractivity contribution is 5.77. The van der Waals surface area contributed by atoms with Gasteiger partial charge in [-0.25, -0.2) is 4.39 Å². The van der Waals surface area contributed by atoms with Crippen molar-refractivity contribution >= 4 is 5.91 Å². The predicted octanol–water partition coefficient (Wildman–Crippen LogP) is 2.39. The molecule has 5 heteroatoms. The van der Waals surface area contributed by atoms with Crippen LogP contribution in [0.2, 0.25) is 0 Å². The maximum Gasteiger partial charge on any atom is 0.249 e. The summed E-state index contributed by atoms with van der Waals surface area (Å²) >= 11 is 0. The lowest BCUT2D eigenvalue weighted by Gasteiger charge is -2.22. The van der Waals surface area contributed by atoms with E-state index in [-0.39, 0.29) is 24.9 Å². The Hall–Kier alpha value is -1.72. The third-order valence-electron chi connectivity index (χ3n) is 3.62. The second-order valence-electron chi connectivity index (χ2n) is 5.40. The lowest BCUT2D eigenvalue weighted by Crippen LogP contribution is -2.34. The topological polar surface area (TPSA) is 38.8 Å². The molecule has 1 fully saturated rings. The summed E-state index contributed by atoms with van der Waals surface area (Å²) in [5, 5.41) is 0. The molecule has 1 saturated heterocycles. The van der Waals surface area contributed by atoms with Gasteiger partial charge < -0.3 is 14.4 Å². The van der Waals surface area contributed by atoms with Crippen LogP contribution in [0.1, 0.15) is 12.0 Å². The van der Waals surface area contributed by atoms with E-state index in [4.69, 9.17) is 9.47 Å². The van der Waals surface area contributed by atoms with E-state index < -0.39 is 0 Å². The Labute approximate surface area is 130 Å². The Kier molecular flexibility index (Phi) is 6.55. The van der Waals surface area contributed by atoms with Crippen molar-refractivity contribution in [2.75, 3.05) is 33.0 Å². The highest BCUT2D eigenvalue weighted by atomic mass is 19.1. The highest BCUT2D eigenvalue weighted by Gasteiger charge is 2.18. The monoisotopic (exact) mass is 307 g/mol. The molecule has 2 rings (SSSR count). The minimum atomic E-state index is -0.312. The van der Waals surface area contributed by atoms with E-state index in [1.54, 1.807) is 24.3 Å². The van der Waals surface area contributed by atoms with Crippen LogP contribution in [-0.2, 0) is 20.8 Å². The van der Waals surface area contributed by atoms with E-state index >= 15 is 0 Å². The number of carbonyl (C=O) groups excluding carboxylic acids is 1. The number of nitrogens with zero attached hydrogens (tertiary/aromatic N) is 1. The molecule has 1 heterocycles. The van der Waals surface area contributed by atoms with Crippen LogP contribution >= 0.6 is 0 Å². The smallest absolute Gasteiger partial charge is 0.249 e. The van der Waals surface area contributed by atoms with Crippen molar-refractivity contribution in [2.24, 2.45) is 5.92 Å². The van der Waals surface area contributed by atoms with Crippen molar-refractivity contribution in [3.8, 4) is 0 Å². The van der Waals surface area contributed by atoms with Crippen molar-refractivity contribution in [2.45, 2.75) is 13.0 Å². The first-order chi connectivity index (χ1) is 10.7. The van der Waals surface area contributed by atoms with Crippen LogP contribution in [0.25, 0.3) is 0 Å². The molecule has 0 N–H and O–H groups in total. The van der Waals surface area contributed by atoms with Gasteiger partial charge >= 0.3 is 0 Å². The van der Waals surface area contributed by atoms with Gasteiger partial charge in [0.25, 0.3) is 0 Å². The summed E-state index contributed by atoms with van der Waals surface area (Å²) in [4.78, 5) is 13.8. The first-order valence-corrected chi connectivity index (χ1v) is 7.48. The fourth-order valence-corrected chi connectivity index (χ4v) is 2.36. The molecule has 1 aliphatic rings. The van der Waals surface area contributed by atoms with Gasteiger partial charge in [-0.2, -0.15) is 0 Å². The average Bonchev–Trinajstić information content (AvgIpc) is 3.02. The van der Waals surface area contributed by atoms with Crippen LogP contribution in [0.5, 0.6) is 0 Å². The Morgan fingerprint density at radius 1 is 1.50 bits per heavy atom. The molecule has 0 radical (unpaired) electrons. The number of benzene rings is 1. The van der Waals surface area contributed by atoms with E-state index in [2.05, 4.69) is 6.58 Å². The van der Waals surface area contributed by atoms with Gasteiger partial charge in [0.15, 0.2) is 0 Å². The molecule has 0 aliphatic carbocycles. The third kappa shape index (κ3) is 4.93. The van der Waals surface area contributed by atoms with Crippen molar-refractivity contribution < 1.29 is 18.7 Å². The van der Waals surface area contributed by atoms with Gasteiger partial charge in [0.05, 0.1) is 13.2 Å². The summed E-state index contributed by atoms with van der Waals surface area (Å²) in [6.07, 6.45) is 2.60. The van der Waals surface area contributed by atoms with Gasteiger partial charge in [0.2, 0.25) is 5.91 Å². The minimum absolute atomic E-state index is 0.00120. The summed E-state index contributed by atoms with van der Waals surface area (Å²) < 4.78 is 24.4. The number of hydrogen-bond acceptors (Lipinski definition) is 3. The lowest BCUT2D eigenvalue weighted by molar-refractivity contribution is -0.136. The van der Waals surface area contributed by atoms with E-state index in [1.165, 1.54) is 11.0 Å². The van der Waals surface area contributed by atoms with Gasteiger partial charge in [0, 0.05) is 31.2 Å². The Bertz CT molecular complexity index is 500. The Morgan fingerprint density at radius 3 is 3.00 bits per heavy atom. The van der Waals surface area contributed by atoms with Gasteiger partial charge in [0.1, 0.15) is 12.4 Å². The van der Waals surface area contributed by atoms with Crippen molar-refractivity contribution in [1.29, 1.82) is 0 Å². The zero-order valence-corrected chi connectivity index (χ0v) is 12.7. The largest absolute Gasteiger partial charge is 0.381 e. The fraction of sp³-hybridized carbons (Fsp3) is 0.471. The quantitative estimate of drug-likeness (QED) is 0.692. The van der Waals surface area contributed by atoms with Crippen LogP contribution in [0.15, 0.2) is 36.9 Å². The summed E-state index contributed by atoms with van der Waals surface area (Å²) in [5.41, 5.74) is 0.488. The maximum absolute atomic E-state index is 13.7. The molecule has 1 aliphatic heterocycles. The molecule has 1 amide bonds. The zero-order valence-electron chi connectivity index (χ0n) is 12.7. The van der Waals surface area contributed by atoms with E-state index in [1.807, 2.05) is 0 Å². The zero-order chi connectivity index (χ0) is 15.8. The highest BCUT2D eigenvalue weighted by Crippen LogP contribution is 2.13. The number of halogens is 1. The first kappa shape index (κ1) is 16.6. The molecule has 1 atom stereocenters. The normalized spacial score (nSPS) is 17.4. The molecule has 0 spiro atoms. The summed E-state index contributed by atoms with van der Waals surface area (Å²) in [7, 11) is 0. The van der Waals surface area contributed by atoms with Gasteiger partial charge in [-0.15, -0.1) is 6.58 Å². The van der Waals surface area contributed by atoms with E-state index in [0.717, 1.165) is 13.0 Å². The van der Waals surface area contributed by atoms with E-state index in [0.29, 0.717) is 31.2 Å². The molecular weight excluding hydrogens is 285 g/mol. The molecule has 0 bridgehead atoms. The molecule has 120 valence electrons. The number of rotatable bonds is 8. The molecule has 1 aromatic carbocycles. The number of amides is 1. The van der Waals surface area contributed by atoms with Crippen molar-refractivity contribution in [1.82, 2.24) is 4.90 Å². The predicted molar refractivity (Wildman–Crippen MR) is 81.8 cm³/mol. The standard InChI is InChI=1S/C17H22FNO3/c1-2-8-19(10-15-5-3-4-6-16(15)18)17(20)13-22-12-14-7-9-21-11-14/h2-6,14H,1,7-13H2/t14-/m1/s1. The van der Waals surface area contributed by atoms with Crippen LogP contribution in [-0.4, -0.2) is 43.8 Å². The number of ether oxygens (including phenoxy) is 2. The fourth-order valence-electron chi connectivity index (χ4n) is 2.36. The Balaban J connectivity index is 1.84. The summed E-state index contributed by atoms with van der Waals surface area (Å²) in [6.45, 7) is 6.20. The summed E-state index contributed by atoms with van der Waals surface area (Å²) in [5.74, 6) is -0.109. The molecular formula is C17H22FNO3. The van der Waals surface area contributed by atoms with Gasteiger partial charge in [-0.3, -0.25) is 4.79 Å². The molecule has 4 nitrogen and oxygen atoms in total. The van der Waals surface area contributed by atoms with Crippen molar-refractivity contribution in [3.63, 3.8) is 0 Å². The SMILES string of the molecule is C=CCN(Cc1ccccc1F)C(=O)COC[C@@H]1CCOC1. The van der Waals surface area contributed by atoms with Crippen LogP contribution < -0.4 is 0 Å². The number of carbonyl (C=O) groups is 1.